The monoisotopic (exact) mass is 527 g/mol. The maximum absolute atomic E-state index is 14.5. The van der Waals surface area contributed by atoms with Crippen LogP contribution in [0.5, 0.6) is 0 Å². The van der Waals surface area contributed by atoms with Gasteiger partial charge in [-0.05, 0) is 50.6 Å². The number of rotatable bonds is 3. The third-order valence-electron chi connectivity index (χ3n) is 8.30. The summed E-state index contributed by atoms with van der Waals surface area (Å²) in [5, 5.41) is 19.0. The minimum atomic E-state index is -4.67. The fourth-order valence-corrected chi connectivity index (χ4v) is 6.04. The molecule has 2 aromatic heterocycles. The average molecular weight is 527 g/mol. The van der Waals surface area contributed by atoms with Gasteiger partial charge in [-0.15, -0.1) is 10.2 Å². The summed E-state index contributed by atoms with van der Waals surface area (Å²) in [6.07, 6.45) is -7.74. The van der Waals surface area contributed by atoms with E-state index in [-0.39, 0.29) is 41.3 Å². The highest BCUT2D eigenvalue weighted by Crippen LogP contribution is 2.75. The van der Waals surface area contributed by atoms with Gasteiger partial charge >= 0.3 is 12.4 Å². The van der Waals surface area contributed by atoms with Crippen LogP contribution in [0.25, 0.3) is 10.9 Å². The zero-order chi connectivity index (χ0) is 26.4. The molecule has 2 aliphatic heterocycles. The lowest BCUT2D eigenvalue weighted by molar-refractivity contribution is -0.187. The molecule has 1 saturated carbocycles. The van der Waals surface area contributed by atoms with Crippen LogP contribution in [0.1, 0.15) is 36.6 Å². The minimum absolute atomic E-state index is 0.101. The Kier molecular flexibility index (Phi) is 4.99. The van der Waals surface area contributed by atoms with E-state index in [1.165, 1.54) is 29.3 Å². The standard InChI is InChI=1S/C24H23F6N5O2/c1-34-9-6-21(36,7-10-34)19-33-32-18(37-19)20-11-22(20,24(28,29)30)13-35(12-20)16-5-4-15(23(25,26)27)17-14(16)3-2-8-31-17/h2-5,8,36H,6-7,9-13H2,1H3/t20-,22-/m0/s1. The van der Waals surface area contributed by atoms with Gasteiger partial charge in [0.1, 0.15) is 11.0 Å². The summed E-state index contributed by atoms with van der Waals surface area (Å²) in [6, 6.07) is 4.91. The highest BCUT2D eigenvalue weighted by atomic mass is 19.4. The van der Waals surface area contributed by atoms with Crippen molar-refractivity contribution in [1.29, 1.82) is 0 Å². The van der Waals surface area contributed by atoms with E-state index in [0.717, 1.165) is 6.07 Å². The summed E-state index contributed by atoms with van der Waals surface area (Å²) in [5.74, 6) is -0.306. The molecule has 2 saturated heterocycles. The molecule has 198 valence electrons. The van der Waals surface area contributed by atoms with Gasteiger partial charge in [0.2, 0.25) is 11.8 Å². The number of benzene rings is 1. The van der Waals surface area contributed by atoms with E-state index < -0.39 is 40.9 Å². The van der Waals surface area contributed by atoms with Crippen LogP contribution in [0.4, 0.5) is 32.0 Å². The molecule has 0 unspecified atom stereocenters. The Balaban J connectivity index is 1.39. The molecule has 2 atom stereocenters. The summed E-state index contributed by atoms with van der Waals surface area (Å²) in [6.45, 7) is 0.479. The molecule has 1 N–H and O–H groups in total. The van der Waals surface area contributed by atoms with Gasteiger partial charge in [0.05, 0.1) is 16.5 Å². The number of halogens is 6. The Morgan fingerprint density at radius 3 is 2.35 bits per heavy atom. The molecule has 3 aromatic rings. The van der Waals surface area contributed by atoms with E-state index in [1.807, 2.05) is 11.9 Å². The normalized spacial score (nSPS) is 28.1. The molecule has 3 aliphatic rings. The van der Waals surface area contributed by atoms with E-state index in [9.17, 15) is 31.4 Å². The van der Waals surface area contributed by atoms with Gasteiger partial charge in [-0.3, -0.25) is 4.98 Å². The lowest BCUT2D eigenvalue weighted by atomic mass is 9.91. The van der Waals surface area contributed by atoms with Gasteiger partial charge in [-0.2, -0.15) is 26.3 Å². The van der Waals surface area contributed by atoms with Crippen LogP contribution in [0.15, 0.2) is 34.9 Å². The van der Waals surface area contributed by atoms with Crippen LogP contribution in [0.2, 0.25) is 0 Å². The number of anilines is 1. The lowest BCUT2D eigenvalue weighted by Crippen LogP contribution is -2.41. The average Bonchev–Trinajstić information content (AvgIpc) is 3.15. The fourth-order valence-electron chi connectivity index (χ4n) is 6.04. The van der Waals surface area contributed by atoms with Crippen molar-refractivity contribution in [3.8, 4) is 0 Å². The molecule has 0 spiro atoms. The van der Waals surface area contributed by atoms with E-state index in [4.69, 9.17) is 4.42 Å². The van der Waals surface area contributed by atoms with Crippen LogP contribution in [-0.4, -0.2) is 64.6 Å². The first-order valence-corrected chi connectivity index (χ1v) is 11.8. The van der Waals surface area contributed by atoms with Crippen LogP contribution in [-0.2, 0) is 17.2 Å². The molecule has 1 aliphatic carbocycles. The Morgan fingerprint density at radius 1 is 0.973 bits per heavy atom. The Morgan fingerprint density at radius 2 is 1.68 bits per heavy atom. The van der Waals surface area contributed by atoms with Gasteiger partial charge in [0.15, 0.2) is 0 Å². The Labute approximate surface area is 207 Å². The van der Waals surface area contributed by atoms with Gasteiger partial charge < -0.3 is 19.3 Å². The van der Waals surface area contributed by atoms with Crippen molar-refractivity contribution in [1.82, 2.24) is 20.1 Å². The molecule has 1 aromatic carbocycles. The van der Waals surface area contributed by atoms with E-state index in [0.29, 0.717) is 25.9 Å². The summed E-state index contributed by atoms with van der Waals surface area (Å²) in [4.78, 5) is 7.32. The maximum atomic E-state index is 14.5. The number of hydrogen-bond acceptors (Lipinski definition) is 7. The molecule has 0 radical (unpaired) electrons. The van der Waals surface area contributed by atoms with Gasteiger partial charge in [0, 0.05) is 43.4 Å². The quantitative estimate of drug-likeness (QED) is 0.510. The second-order valence-corrected chi connectivity index (χ2v) is 10.5. The van der Waals surface area contributed by atoms with Crippen molar-refractivity contribution in [2.45, 2.75) is 42.6 Å². The molecular formula is C24H23F6N5O2. The molecule has 13 heteroatoms. The number of likely N-dealkylation sites (tertiary alicyclic amines) is 1. The Hall–Kier alpha value is -2.93. The number of aromatic nitrogens is 3. The van der Waals surface area contributed by atoms with Gasteiger partial charge in [-0.25, -0.2) is 0 Å². The van der Waals surface area contributed by atoms with Gasteiger partial charge in [-0.1, -0.05) is 0 Å². The first-order chi connectivity index (χ1) is 17.3. The van der Waals surface area contributed by atoms with Crippen LogP contribution in [0.3, 0.4) is 0 Å². The third kappa shape index (κ3) is 3.46. The van der Waals surface area contributed by atoms with Crippen molar-refractivity contribution in [3.63, 3.8) is 0 Å². The number of piperidine rings is 2. The van der Waals surface area contributed by atoms with Crippen LogP contribution in [0, 0.1) is 5.41 Å². The zero-order valence-corrected chi connectivity index (χ0v) is 19.7. The number of pyridine rings is 1. The number of alkyl halides is 6. The predicted molar refractivity (Wildman–Crippen MR) is 119 cm³/mol. The third-order valence-corrected chi connectivity index (χ3v) is 8.30. The molecular weight excluding hydrogens is 504 g/mol. The fraction of sp³-hybridized carbons (Fsp3) is 0.542. The minimum Gasteiger partial charge on any atom is -0.421 e. The summed E-state index contributed by atoms with van der Waals surface area (Å²) in [7, 11) is 1.90. The van der Waals surface area contributed by atoms with Crippen molar-refractivity contribution in [2.24, 2.45) is 5.41 Å². The first kappa shape index (κ1) is 24.4. The predicted octanol–water partition coefficient (Wildman–Crippen LogP) is 4.26. The number of hydrogen-bond donors (Lipinski definition) is 1. The summed E-state index contributed by atoms with van der Waals surface area (Å²) in [5.41, 5.74) is -6.24. The molecule has 4 heterocycles. The van der Waals surface area contributed by atoms with E-state index in [2.05, 4.69) is 15.2 Å². The smallest absolute Gasteiger partial charge is 0.418 e. The second kappa shape index (κ2) is 7.56. The van der Waals surface area contributed by atoms with Crippen molar-refractivity contribution in [3.05, 3.63) is 47.8 Å². The Bertz CT molecular complexity index is 1370. The molecule has 0 bridgehead atoms. The largest absolute Gasteiger partial charge is 0.421 e. The highest BCUT2D eigenvalue weighted by Gasteiger charge is 2.86. The summed E-state index contributed by atoms with van der Waals surface area (Å²) >= 11 is 0. The number of aliphatic hydroxyl groups is 1. The van der Waals surface area contributed by atoms with E-state index >= 15 is 0 Å². The highest BCUT2D eigenvalue weighted by molar-refractivity contribution is 5.94. The lowest BCUT2D eigenvalue weighted by Gasteiger charge is -2.33. The second-order valence-electron chi connectivity index (χ2n) is 10.5. The van der Waals surface area contributed by atoms with Crippen molar-refractivity contribution >= 4 is 16.6 Å². The maximum Gasteiger partial charge on any atom is 0.418 e. The molecule has 6 rings (SSSR count). The van der Waals surface area contributed by atoms with E-state index in [1.54, 1.807) is 0 Å². The SMILES string of the molecule is CN1CCC(O)(c2nnc([C@]34CN(c5ccc(C(F)(F)F)c6ncccc56)C[C@@]3(C(F)(F)F)C4)o2)CC1. The van der Waals surface area contributed by atoms with Gasteiger partial charge in [0.25, 0.3) is 0 Å². The first-order valence-electron chi connectivity index (χ1n) is 11.8. The molecule has 37 heavy (non-hydrogen) atoms. The number of nitrogens with zero attached hydrogens (tertiary/aromatic N) is 5. The van der Waals surface area contributed by atoms with Crippen molar-refractivity contribution < 1.29 is 35.9 Å². The number of fused-ring (bicyclic) bond motifs is 2. The molecule has 0 amide bonds. The van der Waals surface area contributed by atoms with Crippen LogP contribution < -0.4 is 4.90 Å². The van der Waals surface area contributed by atoms with Crippen LogP contribution >= 0.6 is 0 Å². The van der Waals surface area contributed by atoms with Crippen molar-refractivity contribution in [2.75, 3.05) is 38.1 Å². The summed E-state index contributed by atoms with van der Waals surface area (Å²) < 4.78 is 89.9. The zero-order valence-electron chi connectivity index (χ0n) is 19.7. The topological polar surface area (TPSA) is 78.5 Å². The molecule has 7 nitrogen and oxygen atoms in total. The molecule has 3 fully saturated rings.